The molecule has 0 aliphatic carbocycles. The first-order chi connectivity index (χ1) is 10.1. The lowest BCUT2D eigenvalue weighted by Gasteiger charge is -2.14. The lowest BCUT2D eigenvalue weighted by molar-refractivity contribution is 0.466. The molecule has 2 nitrogen and oxygen atoms in total. The van der Waals surface area contributed by atoms with E-state index >= 15 is 0 Å². The Balaban J connectivity index is 2.24. The van der Waals surface area contributed by atoms with Gasteiger partial charge in [-0.1, -0.05) is 28.9 Å². The van der Waals surface area contributed by atoms with Gasteiger partial charge in [0.1, 0.15) is 17.3 Å². The topological polar surface area (TPSA) is 21.3 Å². The van der Waals surface area contributed by atoms with Crippen molar-refractivity contribution in [2.45, 2.75) is 26.8 Å². The minimum atomic E-state index is -0.249. The van der Waals surface area contributed by atoms with Gasteiger partial charge in [-0.3, -0.25) is 0 Å². The first-order valence-electron chi connectivity index (χ1n) is 7.03. The first kappa shape index (κ1) is 16.0. The predicted octanol–water partition coefficient (Wildman–Crippen LogP) is 5.19. The molecule has 0 atom stereocenters. The maximum absolute atomic E-state index is 13.4. The van der Waals surface area contributed by atoms with Crippen LogP contribution < -0.4 is 10.1 Å². The molecule has 0 radical (unpaired) electrons. The highest BCUT2D eigenvalue weighted by atomic mass is 79.9. The highest BCUT2D eigenvalue weighted by Crippen LogP contribution is 2.30. The Bertz CT molecular complexity index is 616. The number of ether oxygens (including phenoxy) is 1. The summed E-state index contributed by atoms with van der Waals surface area (Å²) in [6.07, 6.45) is 1.04. The second kappa shape index (κ2) is 7.57. The zero-order valence-electron chi connectivity index (χ0n) is 12.2. The van der Waals surface area contributed by atoms with Crippen LogP contribution in [0.5, 0.6) is 11.5 Å². The molecule has 1 N–H and O–H groups in total. The van der Waals surface area contributed by atoms with Crippen molar-refractivity contribution in [2.24, 2.45) is 0 Å². The zero-order chi connectivity index (χ0) is 15.2. The molecule has 0 aliphatic rings. The SMILES string of the molecule is CCCNCc1cc(F)ccc1Oc1cc(Br)ccc1C. The highest BCUT2D eigenvalue weighted by Gasteiger charge is 2.08. The summed E-state index contributed by atoms with van der Waals surface area (Å²) in [5.74, 6) is 1.20. The predicted molar refractivity (Wildman–Crippen MR) is 87.4 cm³/mol. The molecule has 4 heteroatoms. The average Bonchev–Trinajstić information content (AvgIpc) is 2.46. The number of aryl methyl sites for hydroxylation is 1. The van der Waals surface area contributed by atoms with Crippen LogP contribution in [-0.2, 0) is 6.54 Å². The van der Waals surface area contributed by atoms with Gasteiger partial charge in [-0.25, -0.2) is 4.39 Å². The summed E-state index contributed by atoms with van der Waals surface area (Å²) in [6.45, 7) is 5.57. The Morgan fingerprint density at radius 1 is 1.14 bits per heavy atom. The van der Waals surface area contributed by atoms with E-state index in [4.69, 9.17) is 4.74 Å². The van der Waals surface area contributed by atoms with Gasteiger partial charge in [0.25, 0.3) is 0 Å². The van der Waals surface area contributed by atoms with E-state index in [2.05, 4.69) is 28.2 Å². The summed E-state index contributed by atoms with van der Waals surface area (Å²) in [5, 5.41) is 3.27. The third-order valence-electron chi connectivity index (χ3n) is 3.13. The van der Waals surface area contributed by atoms with Crippen LogP contribution in [0.4, 0.5) is 4.39 Å². The summed E-state index contributed by atoms with van der Waals surface area (Å²) in [5.41, 5.74) is 1.86. The Morgan fingerprint density at radius 3 is 2.71 bits per heavy atom. The summed E-state index contributed by atoms with van der Waals surface area (Å²) in [7, 11) is 0. The summed E-state index contributed by atoms with van der Waals surface area (Å²) < 4.78 is 20.4. The number of nitrogens with one attached hydrogen (secondary N) is 1. The first-order valence-corrected chi connectivity index (χ1v) is 7.82. The van der Waals surface area contributed by atoms with E-state index < -0.39 is 0 Å². The molecule has 0 saturated carbocycles. The Hall–Kier alpha value is -1.39. The van der Waals surface area contributed by atoms with Gasteiger partial charge in [0.2, 0.25) is 0 Å². The third kappa shape index (κ3) is 4.55. The van der Waals surface area contributed by atoms with Gasteiger partial charge in [0.15, 0.2) is 0 Å². The fourth-order valence-corrected chi connectivity index (χ4v) is 2.33. The second-order valence-corrected chi connectivity index (χ2v) is 5.86. The van der Waals surface area contributed by atoms with Gasteiger partial charge in [0.05, 0.1) is 0 Å². The van der Waals surface area contributed by atoms with E-state index in [1.54, 1.807) is 6.07 Å². The molecule has 0 heterocycles. The number of hydrogen-bond acceptors (Lipinski definition) is 2. The van der Waals surface area contributed by atoms with E-state index in [9.17, 15) is 4.39 Å². The highest BCUT2D eigenvalue weighted by molar-refractivity contribution is 9.10. The molecule has 2 aromatic rings. The smallest absolute Gasteiger partial charge is 0.132 e. The largest absolute Gasteiger partial charge is 0.457 e. The summed E-state index contributed by atoms with van der Waals surface area (Å²) >= 11 is 3.44. The van der Waals surface area contributed by atoms with Crippen molar-refractivity contribution < 1.29 is 9.13 Å². The lowest BCUT2D eigenvalue weighted by atomic mass is 10.1. The fourth-order valence-electron chi connectivity index (χ4n) is 1.99. The van der Waals surface area contributed by atoms with E-state index in [0.29, 0.717) is 12.3 Å². The molecule has 0 bridgehead atoms. The number of hydrogen-bond donors (Lipinski definition) is 1. The van der Waals surface area contributed by atoms with Crippen molar-refractivity contribution in [1.29, 1.82) is 0 Å². The molecule has 0 amide bonds. The van der Waals surface area contributed by atoms with Crippen LogP contribution >= 0.6 is 15.9 Å². The van der Waals surface area contributed by atoms with Gasteiger partial charge in [-0.2, -0.15) is 0 Å². The Labute approximate surface area is 133 Å². The summed E-state index contributed by atoms with van der Waals surface area (Å²) in [4.78, 5) is 0. The van der Waals surface area contributed by atoms with Gasteiger partial charge >= 0.3 is 0 Å². The fraction of sp³-hybridized carbons (Fsp3) is 0.294. The standard InChI is InChI=1S/C17H19BrFNO/c1-3-8-20-11-13-9-15(19)6-7-16(13)21-17-10-14(18)5-4-12(17)2/h4-7,9-10,20H,3,8,11H2,1-2H3. The van der Waals surface area contributed by atoms with Crippen LogP contribution in [0.3, 0.4) is 0 Å². The normalized spacial score (nSPS) is 10.7. The van der Waals surface area contributed by atoms with Gasteiger partial charge in [0, 0.05) is 16.6 Å². The molecule has 2 rings (SSSR count). The van der Waals surface area contributed by atoms with Crippen molar-refractivity contribution in [1.82, 2.24) is 5.32 Å². The molecule has 21 heavy (non-hydrogen) atoms. The van der Waals surface area contributed by atoms with Gasteiger partial charge in [-0.15, -0.1) is 0 Å². The van der Waals surface area contributed by atoms with E-state index in [1.165, 1.54) is 12.1 Å². The second-order valence-electron chi connectivity index (χ2n) is 4.94. The number of benzene rings is 2. The lowest BCUT2D eigenvalue weighted by Crippen LogP contribution is -2.14. The maximum atomic E-state index is 13.4. The van der Waals surface area contributed by atoms with Crippen LogP contribution in [0.25, 0.3) is 0 Å². The van der Waals surface area contributed by atoms with Crippen LogP contribution in [0.2, 0.25) is 0 Å². The number of halogens is 2. The monoisotopic (exact) mass is 351 g/mol. The van der Waals surface area contributed by atoms with Crippen LogP contribution in [-0.4, -0.2) is 6.54 Å². The molecular formula is C17H19BrFNO. The van der Waals surface area contributed by atoms with Crippen molar-refractivity contribution in [3.63, 3.8) is 0 Å². The van der Waals surface area contributed by atoms with Crippen molar-refractivity contribution in [3.05, 3.63) is 57.8 Å². The third-order valence-corrected chi connectivity index (χ3v) is 3.63. The molecule has 2 aromatic carbocycles. The Morgan fingerprint density at radius 2 is 1.95 bits per heavy atom. The van der Waals surface area contributed by atoms with Crippen LogP contribution in [0, 0.1) is 12.7 Å². The number of rotatable bonds is 6. The quantitative estimate of drug-likeness (QED) is 0.723. The molecule has 0 unspecified atom stereocenters. The minimum absolute atomic E-state index is 0.249. The molecule has 0 aliphatic heterocycles. The van der Waals surface area contributed by atoms with Crippen LogP contribution in [0.15, 0.2) is 40.9 Å². The molecular weight excluding hydrogens is 333 g/mol. The van der Waals surface area contributed by atoms with Crippen molar-refractivity contribution >= 4 is 15.9 Å². The minimum Gasteiger partial charge on any atom is -0.457 e. The molecule has 0 fully saturated rings. The van der Waals surface area contributed by atoms with Gasteiger partial charge < -0.3 is 10.1 Å². The molecule has 0 spiro atoms. The van der Waals surface area contributed by atoms with E-state index in [-0.39, 0.29) is 5.82 Å². The zero-order valence-corrected chi connectivity index (χ0v) is 13.8. The maximum Gasteiger partial charge on any atom is 0.132 e. The van der Waals surface area contributed by atoms with Gasteiger partial charge in [-0.05, 0) is 55.8 Å². The summed E-state index contributed by atoms with van der Waals surface area (Å²) in [6, 6.07) is 10.5. The van der Waals surface area contributed by atoms with Crippen molar-refractivity contribution in [3.8, 4) is 11.5 Å². The van der Waals surface area contributed by atoms with E-state index in [0.717, 1.165) is 34.3 Å². The van der Waals surface area contributed by atoms with Crippen molar-refractivity contribution in [2.75, 3.05) is 6.54 Å². The Kier molecular flexibility index (Phi) is 5.76. The molecule has 0 aromatic heterocycles. The van der Waals surface area contributed by atoms with E-state index in [1.807, 2.05) is 25.1 Å². The molecule has 0 saturated heterocycles. The molecule has 112 valence electrons. The average molecular weight is 352 g/mol. The van der Waals surface area contributed by atoms with Crippen LogP contribution in [0.1, 0.15) is 24.5 Å².